The Labute approximate surface area is 143 Å². The van der Waals surface area contributed by atoms with Crippen molar-refractivity contribution in [1.29, 1.82) is 0 Å². The molecule has 6 nitrogen and oxygen atoms in total. The molecule has 2 aromatic heterocycles. The maximum Gasteiger partial charge on any atom is 0.221 e. The SMILES string of the molecule is COc1cccc(C2CC(=O)NCc3nc4sccn4c32)c1OC. The Morgan fingerprint density at radius 1 is 1.33 bits per heavy atom. The van der Waals surface area contributed by atoms with Gasteiger partial charge in [-0.2, -0.15) is 0 Å². The van der Waals surface area contributed by atoms with E-state index in [2.05, 4.69) is 14.7 Å². The molecule has 1 aliphatic rings. The summed E-state index contributed by atoms with van der Waals surface area (Å²) in [6, 6.07) is 5.77. The zero-order chi connectivity index (χ0) is 16.7. The summed E-state index contributed by atoms with van der Waals surface area (Å²) in [6.45, 7) is 0.450. The van der Waals surface area contributed by atoms with Crippen molar-refractivity contribution >= 4 is 22.2 Å². The molecule has 1 N–H and O–H groups in total. The van der Waals surface area contributed by atoms with Gasteiger partial charge >= 0.3 is 0 Å². The molecule has 7 heteroatoms. The minimum Gasteiger partial charge on any atom is -0.493 e. The number of para-hydroxylation sites is 1. The third kappa shape index (κ3) is 2.24. The van der Waals surface area contributed by atoms with E-state index in [1.165, 1.54) is 0 Å². The van der Waals surface area contributed by atoms with Crippen LogP contribution < -0.4 is 14.8 Å². The fraction of sp³-hybridized carbons (Fsp3) is 0.294. The number of rotatable bonds is 3. The lowest BCUT2D eigenvalue weighted by molar-refractivity contribution is -0.121. The summed E-state index contributed by atoms with van der Waals surface area (Å²) in [6.07, 6.45) is 2.35. The van der Waals surface area contributed by atoms with Crippen LogP contribution in [-0.2, 0) is 11.3 Å². The highest BCUT2D eigenvalue weighted by Crippen LogP contribution is 2.42. The highest BCUT2D eigenvalue weighted by Gasteiger charge is 2.31. The quantitative estimate of drug-likeness (QED) is 0.794. The Kier molecular flexibility index (Phi) is 3.65. The number of hydrogen-bond acceptors (Lipinski definition) is 5. The highest BCUT2D eigenvalue weighted by molar-refractivity contribution is 7.15. The molecule has 0 radical (unpaired) electrons. The third-order valence-electron chi connectivity index (χ3n) is 4.36. The Morgan fingerprint density at radius 3 is 3.00 bits per heavy atom. The Bertz CT molecular complexity index is 915. The monoisotopic (exact) mass is 343 g/mol. The second-order valence-electron chi connectivity index (χ2n) is 5.62. The molecule has 1 unspecified atom stereocenters. The summed E-state index contributed by atoms with van der Waals surface area (Å²) in [7, 11) is 3.23. The Hall–Kier alpha value is -2.54. The average Bonchev–Trinajstić information content (AvgIpc) is 3.13. The molecule has 3 heterocycles. The fourth-order valence-corrected chi connectivity index (χ4v) is 4.07. The lowest BCUT2D eigenvalue weighted by Gasteiger charge is -2.20. The number of ether oxygens (including phenoxy) is 2. The average molecular weight is 343 g/mol. The molecule has 0 saturated heterocycles. The molecule has 0 bridgehead atoms. The van der Waals surface area contributed by atoms with Crippen LogP contribution in [0, 0.1) is 0 Å². The number of carbonyl (C=O) groups is 1. The maximum atomic E-state index is 12.2. The number of carbonyl (C=O) groups excluding carboxylic acids is 1. The standard InChI is InChI=1S/C17H17N3O3S/c1-22-13-5-3-4-10(16(13)23-2)11-8-14(21)18-9-12-15(11)20-6-7-24-17(20)19-12/h3-7,11H,8-9H2,1-2H3,(H,18,21). The summed E-state index contributed by atoms with van der Waals surface area (Å²) >= 11 is 1.59. The largest absolute Gasteiger partial charge is 0.493 e. The summed E-state index contributed by atoms with van der Waals surface area (Å²) < 4.78 is 13.1. The summed E-state index contributed by atoms with van der Waals surface area (Å²) in [4.78, 5) is 17.9. The van der Waals surface area contributed by atoms with Crippen LogP contribution in [0.15, 0.2) is 29.8 Å². The number of aromatic nitrogens is 2. The first-order chi connectivity index (χ1) is 11.7. The van der Waals surface area contributed by atoms with Gasteiger partial charge in [0, 0.05) is 29.5 Å². The van der Waals surface area contributed by atoms with Crippen LogP contribution in [0.4, 0.5) is 0 Å². The third-order valence-corrected chi connectivity index (χ3v) is 5.11. The molecule has 1 aliphatic heterocycles. The molecule has 1 aromatic carbocycles. The van der Waals surface area contributed by atoms with E-state index in [1.54, 1.807) is 25.6 Å². The van der Waals surface area contributed by atoms with Gasteiger partial charge < -0.3 is 14.8 Å². The summed E-state index contributed by atoms with van der Waals surface area (Å²) in [5.41, 5.74) is 2.88. The molecule has 124 valence electrons. The molecular weight excluding hydrogens is 326 g/mol. The van der Waals surface area contributed by atoms with E-state index >= 15 is 0 Å². The first kappa shape index (κ1) is 15.0. The maximum absolute atomic E-state index is 12.2. The lowest BCUT2D eigenvalue weighted by Crippen LogP contribution is -2.21. The van der Waals surface area contributed by atoms with Crippen molar-refractivity contribution in [3.05, 3.63) is 46.7 Å². The number of methoxy groups -OCH3 is 2. The van der Waals surface area contributed by atoms with Crippen LogP contribution in [0.3, 0.4) is 0 Å². The number of nitrogens with one attached hydrogen (secondary N) is 1. The van der Waals surface area contributed by atoms with Gasteiger partial charge in [-0.15, -0.1) is 11.3 Å². The van der Waals surface area contributed by atoms with E-state index in [-0.39, 0.29) is 11.8 Å². The molecule has 0 spiro atoms. The zero-order valence-corrected chi connectivity index (χ0v) is 14.2. The molecule has 24 heavy (non-hydrogen) atoms. The topological polar surface area (TPSA) is 64.9 Å². The predicted octanol–water partition coefficient (Wildman–Crippen LogP) is 2.56. The van der Waals surface area contributed by atoms with Crippen molar-refractivity contribution in [3.63, 3.8) is 0 Å². The van der Waals surface area contributed by atoms with E-state index in [0.29, 0.717) is 24.5 Å². The van der Waals surface area contributed by atoms with Gasteiger partial charge in [-0.1, -0.05) is 12.1 Å². The van der Waals surface area contributed by atoms with Crippen LogP contribution >= 0.6 is 11.3 Å². The minimum absolute atomic E-state index is 0.00634. The van der Waals surface area contributed by atoms with Crippen molar-refractivity contribution in [2.75, 3.05) is 14.2 Å². The fourth-order valence-electron chi connectivity index (χ4n) is 3.33. The van der Waals surface area contributed by atoms with Gasteiger partial charge in [0.25, 0.3) is 0 Å². The van der Waals surface area contributed by atoms with Crippen molar-refractivity contribution in [1.82, 2.24) is 14.7 Å². The number of imidazole rings is 1. The summed E-state index contributed by atoms with van der Waals surface area (Å²) in [5.74, 6) is 1.19. The molecular formula is C17H17N3O3S. The van der Waals surface area contributed by atoms with Crippen molar-refractivity contribution < 1.29 is 14.3 Å². The zero-order valence-electron chi connectivity index (χ0n) is 13.4. The van der Waals surface area contributed by atoms with Gasteiger partial charge in [-0.05, 0) is 6.07 Å². The molecule has 1 atom stereocenters. The van der Waals surface area contributed by atoms with Crippen molar-refractivity contribution in [2.45, 2.75) is 18.9 Å². The van der Waals surface area contributed by atoms with E-state index in [1.807, 2.05) is 29.8 Å². The molecule has 0 aliphatic carbocycles. The van der Waals surface area contributed by atoms with Gasteiger partial charge in [-0.3, -0.25) is 9.20 Å². The lowest BCUT2D eigenvalue weighted by atomic mass is 9.90. The normalized spacial score (nSPS) is 17.2. The smallest absolute Gasteiger partial charge is 0.221 e. The number of thiazole rings is 1. The van der Waals surface area contributed by atoms with Crippen LogP contribution in [0.25, 0.3) is 4.96 Å². The molecule has 4 rings (SSSR count). The predicted molar refractivity (Wildman–Crippen MR) is 90.9 cm³/mol. The van der Waals surface area contributed by atoms with Gasteiger partial charge in [0.1, 0.15) is 0 Å². The van der Waals surface area contributed by atoms with Gasteiger partial charge in [0.05, 0.1) is 32.2 Å². The van der Waals surface area contributed by atoms with Gasteiger partial charge in [0.2, 0.25) is 5.91 Å². The molecule has 1 amide bonds. The van der Waals surface area contributed by atoms with E-state index in [0.717, 1.165) is 21.9 Å². The second kappa shape index (κ2) is 5.83. The Balaban J connectivity index is 1.95. The second-order valence-corrected chi connectivity index (χ2v) is 6.49. The Morgan fingerprint density at radius 2 is 2.21 bits per heavy atom. The van der Waals surface area contributed by atoms with Crippen molar-refractivity contribution in [3.8, 4) is 11.5 Å². The number of amides is 1. The first-order valence-electron chi connectivity index (χ1n) is 7.64. The highest BCUT2D eigenvalue weighted by atomic mass is 32.1. The number of benzene rings is 1. The van der Waals surface area contributed by atoms with Gasteiger partial charge in [-0.25, -0.2) is 4.98 Å². The minimum atomic E-state index is -0.142. The number of hydrogen-bond donors (Lipinski definition) is 1. The van der Waals surface area contributed by atoms with Gasteiger partial charge in [0.15, 0.2) is 16.5 Å². The molecule has 0 fully saturated rings. The number of fused-ring (bicyclic) bond motifs is 3. The first-order valence-corrected chi connectivity index (χ1v) is 8.52. The van der Waals surface area contributed by atoms with Crippen molar-refractivity contribution in [2.24, 2.45) is 0 Å². The van der Waals surface area contributed by atoms with E-state index in [4.69, 9.17) is 9.47 Å². The van der Waals surface area contributed by atoms with Crippen LogP contribution in [-0.4, -0.2) is 29.5 Å². The van der Waals surface area contributed by atoms with Crippen LogP contribution in [0.2, 0.25) is 0 Å². The van der Waals surface area contributed by atoms with Crippen LogP contribution in [0.1, 0.15) is 29.3 Å². The van der Waals surface area contributed by atoms with E-state index < -0.39 is 0 Å². The van der Waals surface area contributed by atoms with Crippen LogP contribution in [0.5, 0.6) is 11.5 Å². The van der Waals surface area contributed by atoms with E-state index in [9.17, 15) is 4.79 Å². The molecule has 0 saturated carbocycles. The summed E-state index contributed by atoms with van der Waals surface area (Å²) in [5, 5.41) is 4.94. The molecule has 3 aromatic rings. The number of nitrogens with zero attached hydrogens (tertiary/aromatic N) is 2.